The molecule has 3 aromatic rings. The van der Waals surface area contributed by atoms with Crippen LogP contribution in [0.4, 0.5) is 5.69 Å². The van der Waals surface area contributed by atoms with Crippen molar-refractivity contribution >= 4 is 35.0 Å². The van der Waals surface area contributed by atoms with E-state index in [1.165, 1.54) is 11.8 Å². The Balaban J connectivity index is 1.71. The van der Waals surface area contributed by atoms with Gasteiger partial charge in [-0.25, -0.2) is 0 Å². The van der Waals surface area contributed by atoms with Gasteiger partial charge in [0.2, 0.25) is 11.1 Å². The monoisotopic (exact) mass is 373 g/mol. The van der Waals surface area contributed by atoms with E-state index in [4.69, 9.17) is 11.6 Å². The Morgan fingerprint density at radius 3 is 2.64 bits per heavy atom. The molecule has 0 radical (unpaired) electrons. The molecule has 1 amide bonds. The Labute approximate surface area is 154 Å². The van der Waals surface area contributed by atoms with E-state index in [2.05, 4.69) is 20.8 Å². The van der Waals surface area contributed by atoms with Crippen molar-refractivity contribution in [1.82, 2.24) is 20.2 Å². The van der Waals surface area contributed by atoms with Gasteiger partial charge in [-0.3, -0.25) is 4.79 Å². The van der Waals surface area contributed by atoms with Crippen LogP contribution in [-0.2, 0) is 4.79 Å². The van der Waals surface area contributed by atoms with Gasteiger partial charge in [-0.05, 0) is 53.6 Å². The number of tetrazole rings is 1. The first kappa shape index (κ1) is 17.4. The Kier molecular flexibility index (Phi) is 5.35. The van der Waals surface area contributed by atoms with Crippen LogP contribution in [0.1, 0.15) is 11.1 Å². The fourth-order valence-electron chi connectivity index (χ4n) is 2.44. The largest absolute Gasteiger partial charge is 0.325 e. The third-order valence-electron chi connectivity index (χ3n) is 3.53. The molecule has 0 atom stereocenters. The van der Waals surface area contributed by atoms with Gasteiger partial charge in [-0.2, -0.15) is 4.68 Å². The fraction of sp³-hybridized carbons (Fsp3) is 0.176. The van der Waals surface area contributed by atoms with E-state index in [-0.39, 0.29) is 11.7 Å². The minimum absolute atomic E-state index is 0.150. The van der Waals surface area contributed by atoms with Crippen LogP contribution in [0.5, 0.6) is 0 Å². The van der Waals surface area contributed by atoms with Crippen molar-refractivity contribution in [3.8, 4) is 5.69 Å². The second kappa shape index (κ2) is 7.67. The fourth-order valence-corrected chi connectivity index (χ4v) is 3.31. The Hall–Kier alpha value is -2.38. The molecule has 1 aromatic heterocycles. The molecule has 0 saturated heterocycles. The summed E-state index contributed by atoms with van der Waals surface area (Å²) in [6.45, 7) is 4.01. The van der Waals surface area contributed by atoms with Crippen LogP contribution >= 0.6 is 23.4 Å². The number of nitrogens with one attached hydrogen (secondary N) is 1. The summed E-state index contributed by atoms with van der Waals surface area (Å²) >= 11 is 7.20. The Bertz CT molecular complexity index is 891. The molecule has 1 N–H and O–H groups in total. The number of carbonyl (C=O) groups excluding carboxylic acids is 1. The van der Waals surface area contributed by atoms with Crippen molar-refractivity contribution in [3.63, 3.8) is 0 Å². The average molecular weight is 374 g/mol. The van der Waals surface area contributed by atoms with E-state index in [1.807, 2.05) is 32.0 Å². The van der Waals surface area contributed by atoms with Crippen LogP contribution in [0.25, 0.3) is 5.69 Å². The molecule has 0 spiro atoms. The predicted octanol–water partition coefficient (Wildman–Crippen LogP) is 3.66. The van der Waals surface area contributed by atoms with E-state index in [9.17, 15) is 4.79 Å². The number of para-hydroxylation sites is 1. The quantitative estimate of drug-likeness (QED) is 0.691. The smallest absolute Gasteiger partial charge is 0.234 e. The number of halogens is 1. The lowest BCUT2D eigenvalue weighted by molar-refractivity contribution is -0.113. The summed E-state index contributed by atoms with van der Waals surface area (Å²) in [7, 11) is 0. The van der Waals surface area contributed by atoms with Crippen molar-refractivity contribution in [3.05, 3.63) is 58.6 Å². The Morgan fingerprint density at radius 1 is 1.20 bits per heavy atom. The summed E-state index contributed by atoms with van der Waals surface area (Å²) in [6, 6.07) is 13.0. The molecule has 6 nitrogen and oxygen atoms in total. The molecule has 3 rings (SSSR count). The third-order valence-corrected chi connectivity index (χ3v) is 4.69. The Morgan fingerprint density at radius 2 is 1.92 bits per heavy atom. The lowest BCUT2D eigenvalue weighted by Crippen LogP contribution is -2.14. The normalized spacial score (nSPS) is 10.7. The lowest BCUT2D eigenvalue weighted by Gasteiger charge is -2.10. The molecule has 0 aliphatic heterocycles. The highest BCUT2D eigenvalue weighted by molar-refractivity contribution is 7.99. The summed E-state index contributed by atoms with van der Waals surface area (Å²) in [4.78, 5) is 12.1. The van der Waals surface area contributed by atoms with Crippen LogP contribution in [-0.4, -0.2) is 31.9 Å². The summed E-state index contributed by atoms with van der Waals surface area (Å²) < 4.78 is 1.67. The standard InChI is InChI=1S/C17H16ClN5OS/c1-11-5-3-6-12(2)16(11)23-17(20-21-22-23)25-10-15(24)19-14-8-4-7-13(18)9-14/h3-9H,10H2,1-2H3,(H,19,24). The van der Waals surface area contributed by atoms with E-state index < -0.39 is 0 Å². The minimum Gasteiger partial charge on any atom is -0.325 e. The molecule has 128 valence electrons. The molecule has 8 heteroatoms. The number of thioether (sulfide) groups is 1. The number of anilines is 1. The van der Waals surface area contributed by atoms with Crippen LogP contribution in [0, 0.1) is 13.8 Å². The van der Waals surface area contributed by atoms with Gasteiger partial charge in [-0.15, -0.1) is 5.10 Å². The zero-order chi connectivity index (χ0) is 17.8. The van der Waals surface area contributed by atoms with Gasteiger partial charge in [0.1, 0.15) is 0 Å². The number of benzene rings is 2. The average Bonchev–Trinajstić information content (AvgIpc) is 3.01. The molecule has 0 fully saturated rings. The highest BCUT2D eigenvalue weighted by Crippen LogP contribution is 2.23. The third kappa shape index (κ3) is 4.18. The second-order valence-electron chi connectivity index (χ2n) is 5.46. The van der Waals surface area contributed by atoms with Gasteiger partial charge in [0.05, 0.1) is 11.4 Å². The number of carbonyl (C=O) groups is 1. The molecule has 25 heavy (non-hydrogen) atoms. The summed E-state index contributed by atoms with van der Waals surface area (Å²) in [6.07, 6.45) is 0. The predicted molar refractivity (Wildman–Crippen MR) is 99.4 cm³/mol. The number of amides is 1. The SMILES string of the molecule is Cc1cccc(C)c1-n1nnnc1SCC(=O)Nc1cccc(Cl)c1. The van der Waals surface area contributed by atoms with Crippen LogP contribution < -0.4 is 5.32 Å². The van der Waals surface area contributed by atoms with Crippen molar-refractivity contribution in [2.45, 2.75) is 19.0 Å². The van der Waals surface area contributed by atoms with Crippen molar-refractivity contribution in [2.75, 3.05) is 11.1 Å². The molecule has 0 unspecified atom stereocenters. The maximum absolute atomic E-state index is 12.1. The maximum Gasteiger partial charge on any atom is 0.234 e. The first-order valence-electron chi connectivity index (χ1n) is 7.58. The first-order chi connectivity index (χ1) is 12.0. The first-order valence-corrected chi connectivity index (χ1v) is 8.94. The molecular formula is C17H16ClN5OS. The number of aryl methyl sites for hydroxylation is 2. The molecule has 1 heterocycles. The van der Waals surface area contributed by atoms with Crippen LogP contribution in [0.2, 0.25) is 5.02 Å². The van der Waals surface area contributed by atoms with Crippen molar-refractivity contribution < 1.29 is 4.79 Å². The van der Waals surface area contributed by atoms with Gasteiger partial charge in [0.15, 0.2) is 0 Å². The highest BCUT2D eigenvalue weighted by atomic mass is 35.5. The number of aromatic nitrogens is 4. The van der Waals surface area contributed by atoms with Gasteiger partial charge in [-0.1, -0.05) is 47.6 Å². The van der Waals surface area contributed by atoms with Crippen LogP contribution in [0.3, 0.4) is 0 Å². The van der Waals surface area contributed by atoms with E-state index in [1.54, 1.807) is 28.9 Å². The van der Waals surface area contributed by atoms with Crippen LogP contribution in [0.15, 0.2) is 47.6 Å². The minimum atomic E-state index is -0.150. The molecule has 0 saturated carbocycles. The maximum atomic E-state index is 12.1. The molecule has 0 aliphatic carbocycles. The number of rotatable bonds is 5. The van der Waals surface area contributed by atoms with Gasteiger partial charge in [0.25, 0.3) is 0 Å². The number of hydrogen-bond acceptors (Lipinski definition) is 5. The zero-order valence-electron chi connectivity index (χ0n) is 13.7. The highest BCUT2D eigenvalue weighted by Gasteiger charge is 2.14. The van der Waals surface area contributed by atoms with Gasteiger partial charge in [0, 0.05) is 10.7 Å². The number of hydrogen-bond donors (Lipinski definition) is 1. The molecular weight excluding hydrogens is 358 g/mol. The van der Waals surface area contributed by atoms with Crippen molar-refractivity contribution in [1.29, 1.82) is 0 Å². The van der Waals surface area contributed by atoms with Gasteiger partial charge < -0.3 is 5.32 Å². The number of nitrogens with zero attached hydrogens (tertiary/aromatic N) is 4. The molecule has 0 aliphatic rings. The van der Waals surface area contributed by atoms with Crippen molar-refractivity contribution in [2.24, 2.45) is 0 Å². The second-order valence-corrected chi connectivity index (χ2v) is 6.84. The summed E-state index contributed by atoms with van der Waals surface area (Å²) in [5.41, 5.74) is 3.73. The summed E-state index contributed by atoms with van der Waals surface area (Å²) in [5.74, 6) is 0.0426. The van der Waals surface area contributed by atoms with E-state index in [0.717, 1.165) is 16.8 Å². The lowest BCUT2D eigenvalue weighted by atomic mass is 10.1. The van der Waals surface area contributed by atoms with E-state index >= 15 is 0 Å². The topological polar surface area (TPSA) is 72.7 Å². The van der Waals surface area contributed by atoms with Gasteiger partial charge >= 0.3 is 0 Å². The zero-order valence-corrected chi connectivity index (χ0v) is 15.3. The molecule has 0 bridgehead atoms. The van der Waals surface area contributed by atoms with E-state index in [0.29, 0.717) is 15.9 Å². The summed E-state index contributed by atoms with van der Waals surface area (Å²) in [5, 5.41) is 15.8. The molecule has 2 aromatic carbocycles.